The molecule has 1 saturated carbocycles. The molecule has 15 nitrogen and oxygen atoms in total. The number of rotatable bonds is 25. The topological polar surface area (TPSA) is 165 Å². The van der Waals surface area contributed by atoms with E-state index in [2.05, 4.69) is 141 Å². The molecule has 0 bridgehead atoms. The molecule has 1 aliphatic carbocycles. The Morgan fingerprint density at radius 1 is 0.426 bits per heavy atom. The standard InChI is InChI=1S/C28H31BrFN3.C27H29FN4O.C23H22BrFN2O.C23H22FN3O/c29-23-19-21-7-1-2-8-24(21)22(20-23)11-12-25-26(9-5-10-27(25)30)28-31-13-18-33(28)17-6-16-32-14-3-4-15-32;28-25-6-3-5-24(27-30-10-15-32(27)14-4-13-31-11-1-2-12-31)23(25)8-7-21-17-20(19-29)18-22-9-16-33-26(21)22;24-16-12-14(22-15(13-16)10-11-28-22)8-9-17-18(4-3-5-19(17)25)23-26-20-6-1-2-7-21(20)27-23;1-15(2)27-10-9-26-23(27)20-4-3-5-21(24)19(20)7-6-17-12-16(14-25)13-18-8-11-28-22(17)18/h1-2,5,7-10,19-20H,3-4,6,11-18H2;3,5-6,9,16-18H,1-2,4,7-8,10-15H2;3-5,10-13,20-21H,1-2,6-9H2,(H,26,27);3-5,8,11-13,15H,6-7,9-10H2,1-2H3. The molecule has 12 aromatic rings. The van der Waals surface area contributed by atoms with Gasteiger partial charge >= 0.3 is 0 Å². The Hall–Kier alpha value is -10.7. The van der Waals surface area contributed by atoms with Crippen LogP contribution in [0, 0.1) is 45.9 Å². The maximum Gasteiger partial charge on any atom is 0.137 e. The average Bonchev–Trinajstić information content (AvgIpc) is 1.64. The third kappa shape index (κ3) is 20.0. The van der Waals surface area contributed by atoms with Gasteiger partial charge in [0, 0.05) is 92.2 Å². The summed E-state index contributed by atoms with van der Waals surface area (Å²) < 4.78 is 78.7. The van der Waals surface area contributed by atoms with Crippen LogP contribution in [-0.2, 0) is 51.4 Å². The molecule has 7 aliphatic rings. The minimum Gasteiger partial charge on any atom is -0.464 e. The highest BCUT2D eigenvalue weighted by atomic mass is 79.9. The largest absolute Gasteiger partial charge is 0.464 e. The SMILES string of the molecule is CC(C)N1CCN=C1c1cccc(F)c1CCc1cc(C#N)cc2ccoc12.Fc1cccc(C2=NC3CCCCC3N2)c1CCc1cc(Br)cc2ccoc12.Fc1cccc(C2=NCCN2CCCN2CCCC2)c1CCc1cc(Br)cc2ccccc12.N#Cc1cc(CCc2c(F)cccc2C2=NCCN2CCCN2CCCC2)c2occc2c1. The maximum absolute atomic E-state index is 15.1. The number of halogens is 6. The van der Waals surface area contributed by atoms with Crippen molar-refractivity contribution >= 4 is 98.9 Å². The van der Waals surface area contributed by atoms with Gasteiger partial charge in [-0.05, 0) is 302 Å². The van der Waals surface area contributed by atoms with Gasteiger partial charge in [0.1, 0.15) is 63.4 Å². The van der Waals surface area contributed by atoms with Gasteiger partial charge in [-0.3, -0.25) is 20.0 Å². The summed E-state index contributed by atoms with van der Waals surface area (Å²) in [5, 5.41) is 27.5. The Balaban J connectivity index is 0.000000121. The van der Waals surface area contributed by atoms with Crippen molar-refractivity contribution in [3.8, 4) is 12.1 Å². The van der Waals surface area contributed by atoms with E-state index in [4.69, 9.17) is 28.2 Å². The molecule has 2 unspecified atom stereocenters. The molecule has 9 aromatic carbocycles. The fourth-order valence-corrected chi connectivity index (χ4v) is 19.9. The monoisotopic (exact) mass is 1770 g/mol. The molecule has 2 saturated heterocycles. The normalized spacial score (nSPS) is 17.1. The summed E-state index contributed by atoms with van der Waals surface area (Å²) in [5.74, 6) is 2.92. The molecule has 122 heavy (non-hydrogen) atoms. The quantitative estimate of drug-likeness (QED) is 0.0542. The Morgan fingerprint density at radius 3 is 1.34 bits per heavy atom. The van der Waals surface area contributed by atoms with Crippen LogP contribution < -0.4 is 5.32 Å². The first kappa shape index (κ1) is 84.9. The van der Waals surface area contributed by atoms with Crippen LogP contribution in [0.4, 0.5) is 17.6 Å². The second-order valence-electron chi connectivity index (χ2n) is 33.2. The fraction of sp³-hybridized carbons (Fsp3) is 0.366. The molecule has 1 N–H and O–H groups in total. The molecule has 19 rings (SSSR count). The highest BCUT2D eigenvalue weighted by Gasteiger charge is 2.34. The van der Waals surface area contributed by atoms with Crippen LogP contribution in [0.2, 0.25) is 0 Å². The van der Waals surface area contributed by atoms with E-state index in [0.29, 0.717) is 85.3 Å². The fourth-order valence-electron chi connectivity index (χ4n) is 18.9. The highest BCUT2D eigenvalue weighted by molar-refractivity contribution is 9.10. The third-order valence-electron chi connectivity index (χ3n) is 25.0. The summed E-state index contributed by atoms with van der Waals surface area (Å²) in [5.41, 5.74) is 14.2. The summed E-state index contributed by atoms with van der Waals surface area (Å²) in [7, 11) is 0. The molecule has 2 atom stereocenters. The Morgan fingerprint density at radius 2 is 0.844 bits per heavy atom. The van der Waals surface area contributed by atoms with E-state index in [0.717, 1.165) is 213 Å². The number of benzene rings is 9. The van der Waals surface area contributed by atoms with Crippen LogP contribution in [-0.4, -0.2) is 158 Å². The number of aryl methyl sites for hydroxylation is 4. The Bertz CT molecular complexity index is 5840. The van der Waals surface area contributed by atoms with E-state index in [1.807, 2.05) is 72.8 Å². The number of hydrogen-bond acceptors (Lipinski definition) is 15. The number of furan rings is 3. The van der Waals surface area contributed by atoms with Gasteiger partial charge in [0.15, 0.2) is 0 Å². The molecule has 0 radical (unpaired) electrons. The van der Waals surface area contributed by atoms with Crippen molar-refractivity contribution in [2.75, 3.05) is 91.6 Å². The van der Waals surface area contributed by atoms with Crippen LogP contribution in [0.1, 0.15) is 156 Å². The predicted octanol–water partition coefficient (Wildman–Crippen LogP) is 21.3. The van der Waals surface area contributed by atoms with E-state index < -0.39 is 0 Å². The van der Waals surface area contributed by atoms with Crippen LogP contribution in [0.3, 0.4) is 0 Å². The predicted molar refractivity (Wildman–Crippen MR) is 488 cm³/mol. The first-order valence-electron chi connectivity index (χ1n) is 43.6. The minimum absolute atomic E-state index is 0.126. The van der Waals surface area contributed by atoms with Crippen molar-refractivity contribution in [2.24, 2.45) is 20.0 Å². The maximum atomic E-state index is 15.1. The van der Waals surface area contributed by atoms with Crippen molar-refractivity contribution in [3.63, 3.8) is 0 Å². The van der Waals surface area contributed by atoms with Gasteiger partial charge in [0.2, 0.25) is 0 Å². The number of fused-ring (bicyclic) bond motifs is 5. The Kier molecular flexibility index (Phi) is 27.9. The zero-order chi connectivity index (χ0) is 84.0. The van der Waals surface area contributed by atoms with Gasteiger partial charge in [0.05, 0.1) is 67.7 Å². The second-order valence-corrected chi connectivity index (χ2v) is 35.0. The summed E-state index contributed by atoms with van der Waals surface area (Å²) >= 11 is 7.21. The lowest BCUT2D eigenvalue weighted by atomic mass is 9.92. The van der Waals surface area contributed by atoms with E-state index in [1.54, 1.807) is 49.1 Å². The van der Waals surface area contributed by atoms with E-state index in [1.165, 1.54) is 93.2 Å². The molecule has 0 spiro atoms. The van der Waals surface area contributed by atoms with Crippen LogP contribution in [0.5, 0.6) is 0 Å². The lowest BCUT2D eigenvalue weighted by molar-refractivity contribution is 0.313. The average molecular weight is 1770 g/mol. The van der Waals surface area contributed by atoms with Gasteiger partial charge in [-0.2, -0.15) is 10.5 Å². The van der Waals surface area contributed by atoms with E-state index in [-0.39, 0.29) is 23.3 Å². The van der Waals surface area contributed by atoms with Crippen molar-refractivity contribution in [3.05, 3.63) is 293 Å². The van der Waals surface area contributed by atoms with Crippen molar-refractivity contribution < 1.29 is 30.8 Å². The summed E-state index contributed by atoms with van der Waals surface area (Å²) in [6, 6.07) is 56.6. The molecule has 3 fully saturated rings. The number of hydrogen-bond donors (Lipinski definition) is 1. The number of aliphatic imine (C=N–C) groups is 4. The van der Waals surface area contributed by atoms with Crippen LogP contribution in [0.15, 0.2) is 225 Å². The van der Waals surface area contributed by atoms with Gasteiger partial charge in [0.25, 0.3) is 0 Å². The summed E-state index contributed by atoms with van der Waals surface area (Å²) in [6.45, 7) is 18.3. The van der Waals surface area contributed by atoms with E-state index in [9.17, 15) is 19.3 Å². The molecule has 6 aliphatic heterocycles. The zero-order valence-electron chi connectivity index (χ0n) is 69.6. The second kappa shape index (κ2) is 40.1. The summed E-state index contributed by atoms with van der Waals surface area (Å²) in [6.07, 6.45) is 22.2. The third-order valence-corrected chi connectivity index (χ3v) is 25.9. The number of likely N-dealkylation sites (tertiary alicyclic amines) is 2. The molecule has 9 heterocycles. The zero-order valence-corrected chi connectivity index (χ0v) is 72.8. The van der Waals surface area contributed by atoms with Crippen molar-refractivity contribution in [1.82, 2.24) is 29.8 Å². The van der Waals surface area contributed by atoms with Crippen LogP contribution in [0.25, 0.3) is 43.7 Å². The van der Waals surface area contributed by atoms with Gasteiger partial charge in [-0.1, -0.05) is 117 Å². The minimum atomic E-state index is -0.220. The lowest BCUT2D eigenvalue weighted by Gasteiger charge is -2.26. The first-order valence-corrected chi connectivity index (χ1v) is 45.2. The van der Waals surface area contributed by atoms with E-state index >= 15 is 8.78 Å². The smallest absolute Gasteiger partial charge is 0.137 e. The van der Waals surface area contributed by atoms with Gasteiger partial charge < -0.3 is 43.1 Å². The van der Waals surface area contributed by atoms with Crippen LogP contribution >= 0.6 is 31.9 Å². The lowest BCUT2D eigenvalue weighted by Crippen LogP contribution is -2.37. The number of nitrogens with one attached hydrogen (secondary N) is 1. The molecule has 21 heteroatoms. The number of nitrogens with zero attached hydrogens (tertiary/aromatic N) is 11. The van der Waals surface area contributed by atoms with Crippen molar-refractivity contribution in [1.29, 1.82) is 10.5 Å². The summed E-state index contributed by atoms with van der Waals surface area (Å²) in [4.78, 5) is 31.1. The van der Waals surface area contributed by atoms with Gasteiger partial charge in [-0.15, -0.1) is 0 Å². The molecule has 628 valence electrons. The molecular weight excluding hydrogens is 1660 g/mol. The molecule has 0 amide bonds. The molecular formula is C101H104Br2F4N12O3. The first-order chi connectivity index (χ1) is 59.7. The highest BCUT2D eigenvalue weighted by Crippen LogP contribution is 2.35. The Labute approximate surface area is 729 Å². The molecule has 3 aromatic heterocycles. The number of amidine groups is 4. The van der Waals surface area contributed by atoms with Gasteiger partial charge in [-0.25, -0.2) is 17.6 Å². The van der Waals surface area contributed by atoms with Crippen molar-refractivity contribution in [2.45, 2.75) is 148 Å². The number of nitriles is 2.